The third-order valence-corrected chi connectivity index (χ3v) is 3.93. The lowest BCUT2D eigenvalue weighted by molar-refractivity contribution is 0.140. The van der Waals surface area contributed by atoms with Gasteiger partial charge in [-0.3, -0.25) is 0 Å². The van der Waals surface area contributed by atoms with Crippen LogP contribution in [0.2, 0.25) is 10.0 Å². The fourth-order valence-corrected chi connectivity index (χ4v) is 2.47. The predicted molar refractivity (Wildman–Crippen MR) is 88.0 cm³/mol. The van der Waals surface area contributed by atoms with Gasteiger partial charge < -0.3 is 10.1 Å². The van der Waals surface area contributed by atoms with Crippen LogP contribution in [0.25, 0.3) is 0 Å². The first kappa shape index (κ1) is 17.8. The maximum Gasteiger partial charge on any atom is 0.0595 e. The van der Waals surface area contributed by atoms with Crippen molar-refractivity contribution >= 4 is 23.2 Å². The van der Waals surface area contributed by atoms with Crippen molar-refractivity contribution in [3.8, 4) is 0 Å². The molecule has 4 heteroatoms. The molecule has 1 aromatic carbocycles. The summed E-state index contributed by atoms with van der Waals surface area (Å²) < 4.78 is 5.41. The second-order valence-electron chi connectivity index (χ2n) is 4.94. The topological polar surface area (TPSA) is 21.3 Å². The standard InChI is InChI=1S/C16H25Cl2NO/c1-3-9-19-14(6-5-10-20-4-2)11-13-7-8-15(17)16(18)12-13/h7-8,12,14,19H,3-6,9-11H2,1-2H3. The summed E-state index contributed by atoms with van der Waals surface area (Å²) >= 11 is 12.0. The molecular weight excluding hydrogens is 293 g/mol. The lowest BCUT2D eigenvalue weighted by Gasteiger charge is -2.19. The van der Waals surface area contributed by atoms with Gasteiger partial charge in [0.1, 0.15) is 0 Å². The Kier molecular flexibility index (Phi) is 9.28. The molecule has 0 bridgehead atoms. The molecule has 0 saturated carbocycles. The monoisotopic (exact) mass is 317 g/mol. The van der Waals surface area contributed by atoms with Gasteiger partial charge in [-0.25, -0.2) is 0 Å². The van der Waals surface area contributed by atoms with Crippen LogP contribution in [-0.4, -0.2) is 25.8 Å². The van der Waals surface area contributed by atoms with Crippen molar-refractivity contribution in [1.29, 1.82) is 0 Å². The third-order valence-electron chi connectivity index (χ3n) is 3.19. The van der Waals surface area contributed by atoms with Gasteiger partial charge in [0, 0.05) is 19.3 Å². The molecule has 0 spiro atoms. The molecular formula is C16H25Cl2NO. The molecule has 114 valence electrons. The Bertz CT molecular complexity index is 385. The number of hydrogen-bond acceptors (Lipinski definition) is 2. The van der Waals surface area contributed by atoms with E-state index in [0.29, 0.717) is 16.1 Å². The summed E-state index contributed by atoms with van der Waals surface area (Å²) in [5.74, 6) is 0. The molecule has 2 nitrogen and oxygen atoms in total. The van der Waals surface area contributed by atoms with Crippen LogP contribution in [0.1, 0.15) is 38.7 Å². The highest BCUT2D eigenvalue weighted by Gasteiger charge is 2.10. The zero-order chi connectivity index (χ0) is 14.8. The van der Waals surface area contributed by atoms with Gasteiger partial charge in [-0.05, 0) is 56.8 Å². The minimum atomic E-state index is 0.465. The van der Waals surface area contributed by atoms with Crippen molar-refractivity contribution in [3.63, 3.8) is 0 Å². The van der Waals surface area contributed by atoms with Gasteiger partial charge in [-0.1, -0.05) is 36.2 Å². The van der Waals surface area contributed by atoms with Crippen LogP contribution in [0.4, 0.5) is 0 Å². The van der Waals surface area contributed by atoms with Gasteiger partial charge in [0.25, 0.3) is 0 Å². The highest BCUT2D eigenvalue weighted by molar-refractivity contribution is 6.42. The molecule has 0 aromatic heterocycles. The number of hydrogen-bond donors (Lipinski definition) is 1. The normalized spacial score (nSPS) is 12.6. The van der Waals surface area contributed by atoms with E-state index in [2.05, 4.69) is 18.3 Å². The van der Waals surface area contributed by atoms with Crippen molar-refractivity contribution in [2.45, 2.75) is 45.6 Å². The molecule has 0 aliphatic carbocycles. The number of rotatable bonds is 10. The zero-order valence-corrected chi connectivity index (χ0v) is 13.9. The van der Waals surface area contributed by atoms with Crippen molar-refractivity contribution in [3.05, 3.63) is 33.8 Å². The highest BCUT2D eigenvalue weighted by Crippen LogP contribution is 2.23. The quantitative estimate of drug-likeness (QED) is 0.630. The average molecular weight is 318 g/mol. The lowest BCUT2D eigenvalue weighted by Crippen LogP contribution is -2.32. The van der Waals surface area contributed by atoms with Crippen LogP contribution < -0.4 is 5.32 Å². The first-order chi connectivity index (χ1) is 9.67. The summed E-state index contributed by atoms with van der Waals surface area (Å²) in [6.07, 6.45) is 4.31. The van der Waals surface area contributed by atoms with E-state index in [1.807, 2.05) is 19.1 Å². The Morgan fingerprint density at radius 3 is 2.65 bits per heavy atom. The van der Waals surface area contributed by atoms with Crippen molar-refractivity contribution in [2.24, 2.45) is 0 Å². The molecule has 1 rings (SSSR count). The molecule has 1 aromatic rings. The number of nitrogens with one attached hydrogen (secondary N) is 1. The van der Waals surface area contributed by atoms with Crippen LogP contribution in [0.5, 0.6) is 0 Å². The Balaban J connectivity index is 2.51. The molecule has 1 unspecified atom stereocenters. The summed E-state index contributed by atoms with van der Waals surface area (Å²) in [5, 5.41) is 4.85. The largest absolute Gasteiger partial charge is 0.382 e. The Morgan fingerprint density at radius 2 is 2.00 bits per heavy atom. The number of benzene rings is 1. The summed E-state index contributed by atoms with van der Waals surface area (Å²) in [6.45, 7) is 6.88. The van der Waals surface area contributed by atoms with Gasteiger partial charge in [0.2, 0.25) is 0 Å². The summed E-state index contributed by atoms with van der Waals surface area (Å²) in [4.78, 5) is 0. The van der Waals surface area contributed by atoms with Gasteiger partial charge in [0.05, 0.1) is 10.0 Å². The molecule has 1 N–H and O–H groups in total. The fraction of sp³-hybridized carbons (Fsp3) is 0.625. The molecule has 0 saturated heterocycles. The van der Waals surface area contributed by atoms with Gasteiger partial charge >= 0.3 is 0 Å². The molecule has 0 heterocycles. The maximum atomic E-state index is 6.07. The van der Waals surface area contributed by atoms with Crippen LogP contribution >= 0.6 is 23.2 Å². The SMILES string of the molecule is CCCNC(CCCOCC)Cc1ccc(Cl)c(Cl)c1. The van der Waals surface area contributed by atoms with Crippen LogP contribution in [0.15, 0.2) is 18.2 Å². The van der Waals surface area contributed by atoms with Crippen molar-refractivity contribution in [1.82, 2.24) is 5.32 Å². The fourth-order valence-electron chi connectivity index (χ4n) is 2.15. The van der Waals surface area contributed by atoms with Gasteiger partial charge in [0.15, 0.2) is 0 Å². The van der Waals surface area contributed by atoms with Crippen molar-refractivity contribution < 1.29 is 4.74 Å². The first-order valence-corrected chi connectivity index (χ1v) is 8.18. The van der Waals surface area contributed by atoms with E-state index in [9.17, 15) is 0 Å². The van der Waals surface area contributed by atoms with Crippen LogP contribution in [0, 0.1) is 0 Å². The average Bonchev–Trinajstić information content (AvgIpc) is 2.44. The number of ether oxygens (including phenoxy) is 1. The molecule has 0 radical (unpaired) electrons. The number of halogens is 2. The molecule has 1 atom stereocenters. The van der Waals surface area contributed by atoms with Crippen LogP contribution in [0.3, 0.4) is 0 Å². The molecule has 0 fully saturated rings. The highest BCUT2D eigenvalue weighted by atomic mass is 35.5. The summed E-state index contributed by atoms with van der Waals surface area (Å²) in [7, 11) is 0. The minimum Gasteiger partial charge on any atom is -0.382 e. The van der Waals surface area contributed by atoms with E-state index in [1.54, 1.807) is 0 Å². The van der Waals surface area contributed by atoms with Crippen molar-refractivity contribution in [2.75, 3.05) is 19.8 Å². The zero-order valence-electron chi connectivity index (χ0n) is 12.4. The lowest BCUT2D eigenvalue weighted by atomic mass is 10.0. The van der Waals surface area contributed by atoms with E-state index in [1.165, 1.54) is 5.56 Å². The predicted octanol–water partition coefficient (Wildman–Crippen LogP) is 4.72. The van der Waals surface area contributed by atoms with E-state index in [-0.39, 0.29) is 0 Å². The molecule has 0 aliphatic rings. The van der Waals surface area contributed by atoms with E-state index >= 15 is 0 Å². The van der Waals surface area contributed by atoms with Gasteiger partial charge in [-0.15, -0.1) is 0 Å². The van der Waals surface area contributed by atoms with E-state index in [0.717, 1.165) is 45.4 Å². The molecule has 20 heavy (non-hydrogen) atoms. The second-order valence-corrected chi connectivity index (χ2v) is 5.76. The van der Waals surface area contributed by atoms with E-state index in [4.69, 9.17) is 27.9 Å². The first-order valence-electron chi connectivity index (χ1n) is 7.42. The summed E-state index contributed by atoms with van der Waals surface area (Å²) in [6, 6.07) is 6.36. The molecule has 0 aliphatic heterocycles. The molecule has 0 amide bonds. The Hall–Kier alpha value is -0.280. The van der Waals surface area contributed by atoms with E-state index < -0.39 is 0 Å². The Morgan fingerprint density at radius 1 is 1.20 bits per heavy atom. The summed E-state index contributed by atoms with van der Waals surface area (Å²) in [5.41, 5.74) is 1.23. The van der Waals surface area contributed by atoms with Gasteiger partial charge in [-0.2, -0.15) is 0 Å². The third kappa shape index (κ3) is 6.94. The van der Waals surface area contributed by atoms with Crippen LogP contribution in [-0.2, 0) is 11.2 Å². The smallest absolute Gasteiger partial charge is 0.0595 e. The minimum absolute atomic E-state index is 0.465. The second kappa shape index (κ2) is 10.4. The Labute approximate surface area is 132 Å². The maximum absolute atomic E-state index is 6.07.